The minimum Gasteiger partial charge on any atom is -0.481 e. The number of hydrogen-bond acceptors (Lipinski definition) is 3. The number of hydrogen-bond donors (Lipinski definition) is 2. The van der Waals surface area contributed by atoms with E-state index in [-0.39, 0.29) is 12.3 Å². The second kappa shape index (κ2) is 6.42. The number of nitrogens with zero attached hydrogens (tertiary/aromatic N) is 1. The molecule has 1 rings (SSSR count). The highest BCUT2D eigenvalue weighted by atomic mass is 16.4. The smallest absolute Gasteiger partial charge is 0.309 e. The van der Waals surface area contributed by atoms with Crippen LogP contribution in [0.5, 0.6) is 0 Å². The number of anilines is 1. The number of carboxylic acids is 1. The zero-order valence-corrected chi connectivity index (χ0v) is 9.35. The van der Waals surface area contributed by atoms with Gasteiger partial charge in [0.25, 0.3) is 0 Å². The van der Waals surface area contributed by atoms with Crippen LogP contribution in [-0.4, -0.2) is 22.0 Å². The van der Waals surface area contributed by atoms with Crippen LogP contribution in [0, 0.1) is 0 Å². The summed E-state index contributed by atoms with van der Waals surface area (Å²) in [5.41, 5.74) is 1.02. The molecule has 0 saturated heterocycles. The standard InChI is InChI=1S/C12H14N2O3/c1-2-3-4-11(15)14-10-6-5-9(13-8-10)7-12(16)17/h2,5-6,8H,1,3-4,7H2,(H,14,15)(H,16,17). The number of nitrogens with one attached hydrogen (secondary N) is 1. The molecule has 0 spiro atoms. The second-order valence-electron chi connectivity index (χ2n) is 3.48. The Hall–Kier alpha value is -2.17. The van der Waals surface area contributed by atoms with Gasteiger partial charge in [-0.15, -0.1) is 6.58 Å². The fourth-order valence-electron chi connectivity index (χ4n) is 1.21. The molecule has 0 radical (unpaired) electrons. The summed E-state index contributed by atoms with van der Waals surface area (Å²) in [7, 11) is 0. The number of rotatable bonds is 6. The number of pyridine rings is 1. The van der Waals surface area contributed by atoms with Gasteiger partial charge in [-0.05, 0) is 18.6 Å². The molecule has 0 bridgehead atoms. The second-order valence-corrected chi connectivity index (χ2v) is 3.48. The summed E-state index contributed by atoms with van der Waals surface area (Å²) in [6.07, 6.45) is 4.00. The molecule has 90 valence electrons. The zero-order valence-electron chi connectivity index (χ0n) is 9.35. The summed E-state index contributed by atoms with van der Waals surface area (Å²) >= 11 is 0. The number of carboxylic acid groups (broad SMARTS) is 1. The number of amides is 1. The highest BCUT2D eigenvalue weighted by Crippen LogP contribution is 2.07. The quantitative estimate of drug-likeness (QED) is 0.733. The number of allylic oxidation sites excluding steroid dienone is 1. The molecule has 0 saturated carbocycles. The van der Waals surface area contributed by atoms with Gasteiger partial charge in [0.15, 0.2) is 0 Å². The highest BCUT2D eigenvalue weighted by Gasteiger charge is 2.04. The van der Waals surface area contributed by atoms with Crippen molar-refractivity contribution >= 4 is 17.6 Å². The average molecular weight is 234 g/mol. The van der Waals surface area contributed by atoms with E-state index in [0.717, 1.165) is 0 Å². The molecular weight excluding hydrogens is 220 g/mol. The van der Waals surface area contributed by atoms with Crippen LogP contribution in [0.1, 0.15) is 18.5 Å². The maximum Gasteiger partial charge on any atom is 0.309 e. The number of aromatic nitrogens is 1. The molecule has 17 heavy (non-hydrogen) atoms. The van der Waals surface area contributed by atoms with E-state index in [1.165, 1.54) is 6.20 Å². The Morgan fingerprint density at radius 1 is 1.47 bits per heavy atom. The van der Waals surface area contributed by atoms with Gasteiger partial charge in [0.2, 0.25) is 5.91 Å². The first kappa shape index (κ1) is 12.9. The van der Waals surface area contributed by atoms with Crippen LogP contribution < -0.4 is 5.32 Å². The normalized spacial score (nSPS) is 9.65. The van der Waals surface area contributed by atoms with Crippen molar-refractivity contribution in [1.29, 1.82) is 0 Å². The minimum atomic E-state index is -0.930. The fraction of sp³-hybridized carbons (Fsp3) is 0.250. The lowest BCUT2D eigenvalue weighted by Crippen LogP contribution is -2.11. The van der Waals surface area contributed by atoms with E-state index in [0.29, 0.717) is 24.2 Å². The Morgan fingerprint density at radius 2 is 2.24 bits per heavy atom. The summed E-state index contributed by atoms with van der Waals surface area (Å²) < 4.78 is 0. The van der Waals surface area contributed by atoms with Gasteiger partial charge in [-0.1, -0.05) is 6.08 Å². The van der Waals surface area contributed by atoms with Crippen molar-refractivity contribution in [1.82, 2.24) is 4.98 Å². The van der Waals surface area contributed by atoms with E-state index in [2.05, 4.69) is 16.9 Å². The van der Waals surface area contributed by atoms with Gasteiger partial charge in [0, 0.05) is 6.42 Å². The average Bonchev–Trinajstić information content (AvgIpc) is 2.28. The Kier molecular flexibility index (Phi) is 4.87. The van der Waals surface area contributed by atoms with Gasteiger partial charge in [-0.3, -0.25) is 14.6 Å². The van der Waals surface area contributed by atoms with Crippen molar-refractivity contribution in [2.24, 2.45) is 0 Å². The molecule has 0 aliphatic carbocycles. The van der Waals surface area contributed by atoms with Crippen LogP contribution in [0.25, 0.3) is 0 Å². The number of aliphatic carboxylic acids is 1. The molecule has 1 heterocycles. The summed E-state index contributed by atoms with van der Waals surface area (Å²) in [5.74, 6) is -1.04. The number of carbonyl (C=O) groups is 2. The summed E-state index contributed by atoms with van der Waals surface area (Å²) in [6, 6.07) is 3.22. The third kappa shape index (κ3) is 4.92. The lowest BCUT2D eigenvalue weighted by molar-refractivity contribution is -0.136. The molecule has 5 nitrogen and oxygen atoms in total. The first-order valence-electron chi connectivity index (χ1n) is 5.19. The van der Waals surface area contributed by atoms with Gasteiger partial charge in [-0.2, -0.15) is 0 Å². The van der Waals surface area contributed by atoms with Crippen molar-refractivity contribution < 1.29 is 14.7 Å². The molecule has 0 fully saturated rings. The minimum absolute atomic E-state index is 0.113. The van der Waals surface area contributed by atoms with Gasteiger partial charge < -0.3 is 10.4 Å². The lowest BCUT2D eigenvalue weighted by atomic mass is 10.2. The van der Waals surface area contributed by atoms with Gasteiger partial charge in [0.05, 0.1) is 24.0 Å². The maximum absolute atomic E-state index is 11.4. The number of carbonyl (C=O) groups excluding carboxylic acids is 1. The zero-order chi connectivity index (χ0) is 12.7. The van der Waals surface area contributed by atoms with E-state index in [1.54, 1.807) is 18.2 Å². The van der Waals surface area contributed by atoms with Crippen LogP contribution in [0.15, 0.2) is 31.0 Å². The van der Waals surface area contributed by atoms with Gasteiger partial charge >= 0.3 is 5.97 Å². The van der Waals surface area contributed by atoms with Crippen LogP contribution in [-0.2, 0) is 16.0 Å². The Labute approximate surface area is 99.2 Å². The predicted octanol–water partition coefficient (Wildman–Crippen LogP) is 1.61. The largest absolute Gasteiger partial charge is 0.481 e. The summed E-state index contributed by atoms with van der Waals surface area (Å²) in [4.78, 5) is 25.7. The van der Waals surface area contributed by atoms with E-state index >= 15 is 0 Å². The van der Waals surface area contributed by atoms with Gasteiger partial charge in [-0.25, -0.2) is 0 Å². The van der Waals surface area contributed by atoms with Crippen LogP contribution in [0.2, 0.25) is 0 Å². The molecule has 0 aliphatic heterocycles. The molecule has 0 atom stereocenters. The van der Waals surface area contributed by atoms with Crippen molar-refractivity contribution in [2.75, 3.05) is 5.32 Å². The highest BCUT2D eigenvalue weighted by molar-refractivity contribution is 5.90. The molecule has 0 aromatic carbocycles. The Balaban J connectivity index is 2.53. The van der Waals surface area contributed by atoms with E-state index in [1.807, 2.05) is 0 Å². The first-order chi connectivity index (χ1) is 8.11. The Morgan fingerprint density at radius 3 is 2.76 bits per heavy atom. The van der Waals surface area contributed by atoms with Crippen molar-refractivity contribution in [3.63, 3.8) is 0 Å². The molecule has 1 aromatic heterocycles. The summed E-state index contributed by atoms with van der Waals surface area (Å²) in [6.45, 7) is 3.53. The maximum atomic E-state index is 11.4. The topological polar surface area (TPSA) is 79.3 Å². The SMILES string of the molecule is C=CCCC(=O)Nc1ccc(CC(=O)O)nc1. The third-order valence-electron chi connectivity index (χ3n) is 2.02. The first-order valence-corrected chi connectivity index (χ1v) is 5.19. The monoisotopic (exact) mass is 234 g/mol. The molecule has 5 heteroatoms. The van der Waals surface area contributed by atoms with Crippen molar-refractivity contribution in [3.8, 4) is 0 Å². The third-order valence-corrected chi connectivity index (χ3v) is 2.02. The molecule has 1 amide bonds. The van der Waals surface area contributed by atoms with E-state index in [4.69, 9.17) is 5.11 Å². The predicted molar refractivity (Wildman–Crippen MR) is 63.6 cm³/mol. The molecule has 1 aromatic rings. The van der Waals surface area contributed by atoms with Gasteiger partial charge in [0.1, 0.15) is 0 Å². The van der Waals surface area contributed by atoms with Crippen LogP contribution in [0.4, 0.5) is 5.69 Å². The molecule has 0 aliphatic rings. The van der Waals surface area contributed by atoms with Crippen LogP contribution in [0.3, 0.4) is 0 Å². The molecule has 0 unspecified atom stereocenters. The van der Waals surface area contributed by atoms with E-state index < -0.39 is 5.97 Å². The van der Waals surface area contributed by atoms with Crippen molar-refractivity contribution in [2.45, 2.75) is 19.3 Å². The Bertz CT molecular complexity index is 412. The summed E-state index contributed by atoms with van der Waals surface area (Å²) in [5, 5.41) is 11.2. The molecular formula is C12H14N2O3. The van der Waals surface area contributed by atoms with Crippen molar-refractivity contribution in [3.05, 3.63) is 36.7 Å². The fourth-order valence-corrected chi connectivity index (χ4v) is 1.21. The van der Waals surface area contributed by atoms with Crippen LogP contribution >= 0.6 is 0 Å². The van der Waals surface area contributed by atoms with E-state index in [9.17, 15) is 9.59 Å². The lowest BCUT2D eigenvalue weighted by Gasteiger charge is -2.04. The molecule has 2 N–H and O–H groups in total.